The predicted molar refractivity (Wildman–Crippen MR) is 84.0 cm³/mol. The Morgan fingerprint density at radius 2 is 2.00 bits per heavy atom. The van der Waals surface area contributed by atoms with Crippen LogP contribution in [0.3, 0.4) is 0 Å². The van der Waals surface area contributed by atoms with Gasteiger partial charge < -0.3 is 15.3 Å². The summed E-state index contributed by atoms with van der Waals surface area (Å²) in [6.07, 6.45) is 6.11. The third-order valence-electron chi connectivity index (χ3n) is 4.87. The van der Waals surface area contributed by atoms with Crippen LogP contribution < -0.4 is 5.32 Å². The van der Waals surface area contributed by atoms with Gasteiger partial charge in [0.25, 0.3) is 0 Å². The number of nitrogens with one attached hydrogen (secondary N) is 1. The fourth-order valence-corrected chi connectivity index (χ4v) is 3.26. The molecule has 0 aromatic rings. The highest BCUT2D eigenvalue weighted by Gasteiger charge is 2.31. The molecule has 1 heterocycles. The lowest BCUT2D eigenvalue weighted by atomic mass is 9.95. The smallest absolute Gasteiger partial charge is 0.0610 e. The van der Waals surface area contributed by atoms with Crippen LogP contribution in [0.1, 0.15) is 46.0 Å². The molecule has 1 saturated heterocycles. The largest absolute Gasteiger partial charge is 0.394 e. The van der Waals surface area contributed by atoms with Crippen LogP contribution in [0.25, 0.3) is 0 Å². The molecule has 0 amide bonds. The number of hydrogen-bond acceptors (Lipinski definition) is 4. The quantitative estimate of drug-likeness (QED) is 0.659. The molecule has 2 aliphatic rings. The number of aliphatic hydroxyl groups excluding tert-OH is 1. The molecule has 4 nitrogen and oxygen atoms in total. The predicted octanol–water partition coefficient (Wildman–Crippen LogP) is 1.30. The van der Waals surface area contributed by atoms with Crippen LogP contribution in [-0.4, -0.2) is 72.4 Å². The number of hydrogen-bond donors (Lipinski definition) is 2. The van der Waals surface area contributed by atoms with Gasteiger partial charge in [0, 0.05) is 37.3 Å². The van der Waals surface area contributed by atoms with Crippen molar-refractivity contribution in [3.05, 3.63) is 0 Å². The topological polar surface area (TPSA) is 38.7 Å². The summed E-state index contributed by atoms with van der Waals surface area (Å²) in [7, 11) is 2.21. The minimum atomic E-state index is -0.0606. The average molecular weight is 283 g/mol. The summed E-state index contributed by atoms with van der Waals surface area (Å²) in [5.41, 5.74) is -0.0606. The molecule has 2 rings (SSSR count). The van der Waals surface area contributed by atoms with Crippen molar-refractivity contribution >= 4 is 0 Å². The highest BCUT2D eigenvalue weighted by Crippen LogP contribution is 2.25. The summed E-state index contributed by atoms with van der Waals surface area (Å²) >= 11 is 0. The molecule has 20 heavy (non-hydrogen) atoms. The molecule has 0 aromatic carbocycles. The van der Waals surface area contributed by atoms with E-state index < -0.39 is 0 Å². The monoisotopic (exact) mass is 283 g/mol. The van der Waals surface area contributed by atoms with E-state index in [0.717, 1.165) is 6.42 Å². The van der Waals surface area contributed by atoms with E-state index in [-0.39, 0.29) is 12.1 Å². The van der Waals surface area contributed by atoms with E-state index in [1.807, 2.05) is 0 Å². The highest BCUT2D eigenvalue weighted by atomic mass is 16.3. The molecule has 1 aliphatic carbocycles. The van der Waals surface area contributed by atoms with E-state index in [2.05, 4.69) is 36.0 Å². The zero-order valence-corrected chi connectivity index (χ0v) is 13.6. The van der Waals surface area contributed by atoms with Crippen molar-refractivity contribution in [3.8, 4) is 0 Å². The van der Waals surface area contributed by atoms with Crippen molar-refractivity contribution < 1.29 is 5.11 Å². The minimum absolute atomic E-state index is 0.0606. The second-order valence-corrected chi connectivity index (χ2v) is 7.24. The summed E-state index contributed by atoms with van der Waals surface area (Å²) in [5.74, 6) is 0. The zero-order valence-electron chi connectivity index (χ0n) is 13.6. The maximum Gasteiger partial charge on any atom is 0.0610 e. The summed E-state index contributed by atoms with van der Waals surface area (Å²) in [6, 6.07) is 1.35. The van der Waals surface area contributed by atoms with E-state index in [9.17, 15) is 5.11 Å². The Labute approximate surface area is 124 Å². The van der Waals surface area contributed by atoms with E-state index in [1.54, 1.807) is 0 Å². The molecule has 0 bridgehead atoms. The van der Waals surface area contributed by atoms with Gasteiger partial charge in [0.2, 0.25) is 0 Å². The fourth-order valence-electron chi connectivity index (χ4n) is 3.26. The average Bonchev–Trinajstić information content (AvgIpc) is 3.20. The SMILES string of the molecule is CC1CN(C)CCN1CCCCC(C)(CO)NC1CC1. The van der Waals surface area contributed by atoms with Crippen LogP contribution in [0, 0.1) is 0 Å². The van der Waals surface area contributed by atoms with Crippen molar-refractivity contribution in [1.82, 2.24) is 15.1 Å². The Balaban J connectivity index is 1.62. The zero-order chi connectivity index (χ0) is 14.6. The first-order valence-electron chi connectivity index (χ1n) is 8.33. The Morgan fingerprint density at radius 1 is 1.25 bits per heavy atom. The second kappa shape index (κ2) is 7.21. The highest BCUT2D eigenvalue weighted by molar-refractivity contribution is 4.92. The van der Waals surface area contributed by atoms with E-state index in [4.69, 9.17) is 0 Å². The van der Waals surface area contributed by atoms with Crippen LogP contribution in [0.5, 0.6) is 0 Å². The van der Waals surface area contributed by atoms with Crippen LogP contribution in [-0.2, 0) is 0 Å². The number of aliphatic hydroxyl groups is 1. The Bertz CT molecular complexity index is 295. The molecule has 1 saturated carbocycles. The van der Waals surface area contributed by atoms with Crippen LogP contribution in [0.4, 0.5) is 0 Å². The van der Waals surface area contributed by atoms with Gasteiger partial charge in [0.15, 0.2) is 0 Å². The molecular weight excluding hydrogens is 250 g/mol. The van der Waals surface area contributed by atoms with Gasteiger partial charge in [-0.25, -0.2) is 0 Å². The first-order chi connectivity index (χ1) is 9.52. The van der Waals surface area contributed by atoms with Crippen molar-refractivity contribution in [1.29, 1.82) is 0 Å². The van der Waals surface area contributed by atoms with E-state index in [0.29, 0.717) is 12.1 Å². The Kier molecular flexibility index (Phi) is 5.84. The van der Waals surface area contributed by atoms with Gasteiger partial charge >= 0.3 is 0 Å². The third-order valence-corrected chi connectivity index (χ3v) is 4.87. The number of piperazine rings is 1. The first-order valence-corrected chi connectivity index (χ1v) is 8.33. The number of likely N-dealkylation sites (N-methyl/N-ethyl adjacent to an activating group) is 1. The van der Waals surface area contributed by atoms with Gasteiger partial charge in [0.1, 0.15) is 0 Å². The molecule has 0 radical (unpaired) electrons. The van der Waals surface area contributed by atoms with Crippen LogP contribution >= 0.6 is 0 Å². The first kappa shape index (κ1) is 16.2. The third kappa shape index (κ3) is 4.99. The standard InChI is InChI=1S/C16H33N3O/c1-14-12-18(3)10-11-19(14)9-5-4-8-16(2,13-20)17-15-6-7-15/h14-15,17,20H,4-13H2,1-3H3. The van der Waals surface area contributed by atoms with Crippen molar-refractivity contribution in [3.63, 3.8) is 0 Å². The summed E-state index contributed by atoms with van der Waals surface area (Å²) in [6.45, 7) is 9.56. The molecular formula is C16H33N3O. The molecule has 2 fully saturated rings. The molecule has 1 aliphatic heterocycles. The molecule has 0 spiro atoms. The second-order valence-electron chi connectivity index (χ2n) is 7.24. The van der Waals surface area contributed by atoms with Crippen molar-refractivity contribution in [2.24, 2.45) is 0 Å². The lowest BCUT2D eigenvalue weighted by Gasteiger charge is -2.38. The van der Waals surface area contributed by atoms with Gasteiger partial charge in [0.05, 0.1) is 6.61 Å². The molecule has 2 N–H and O–H groups in total. The maximum absolute atomic E-state index is 9.60. The molecule has 118 valence electrons. The lowest BCUT2D eigenvalue weighted by Crippen LogP contribution is -2.50. The molecule has 0 aromatic heterocycles. The normalized spacial score (nSPS) is 28.5. The molecule has 2 unspecified atom stereocenters. The van der Waals surface area contributed by atoms with Crippen LogP contribution in [0.2, 0.25) is 0 Å². The summed E-state index contributed by atoms with van der Waals surface area (Å²) in [4.78, 5) is 5.04. The summed E-state index contributed by atoms with van der Waals surface area (Å²) < 4.78 is 0. The van der Waals surface area contributed by atoms with Crippen molar-refractivity contribution in [2.75, 3.05) is 39.8 Å². The van der Waals surface area contributed by atoms with Crippen LogP contribution in [0.15, 0.2) is 0 Å². The van der Waals surface area contributed by atoms with Crippen molar-refractivity contribution in [2.45, 2.75) is 63.6 Å². The number of rotatable bonds is 8. The number of nitrogens with zero attached hydrogens (tertiary/aromatic N) is 2. The minimum Gasteiger partial charge on any atom is -0.394 e. The van der Waals surface area contributed by atoms with Gasteiger partial charge in [-0.2, -0.15) is 0 Å². The van der Waals surface area contributed by atoms with Gasteiger partial charge in [-0.15, -0.1) is 0 Å². The summed E-state index contributed by atoms with van der Waals surface area (Å²) in [5, 5.41) is 13.2. The molecule has 2 atom stereocenters. The van der Waals surface area contributed by atoms with E-state index >= 15 is 0 Å². The van der Waals surface area contributed by atoms with Gasteiger partial charge in [-0.05, 0) is 53.1 Å². The fraction of sp³-hybridized carbons (Fsp3) is 1.00. The molecule has 4 heteroatoms. The Morgan fingerprint density at radius 3 is 2.60 bits per heavy atom. The number of unbranched alkanes of at least 4 members (excludes halogenated alkanes) is 1. The Hall–Kier alpha value is -0.160. The maximum atomic E-state index is 9.60. The van der Waals surface area contributed by atoms with Gasteiger partial charge in [-0.3, -0.25) is 4.90 Å². The van der Waals surface area contributed by atoms with E-state index in [1.165, 1.54) is 51.9 Å². The van der Waals surface area contributed by atoms with Gasteiger partial charge in [-0.1, -0.05) is 6.42 Å². The lowest BCUT2D eigenvalue weighted by molar-refractivity contribution is 0.0963.